The Labute approximate surface area is 130 Å². The van der Waals surface area contributed by atoms with E-state index in [-0.39, 0.29) is 5.91 Å². The maximum absolute atomic E-state index is 12.7. The highest BCUT2D eigenvalue weighted by molar-refractivity contribution is 5.94. The van der Waals surface area contributed by atoms with Crippen molar-refractivity contribution in [2.45, 2.75) is 12.8 Å². The van der Waals surface area contributed by atoms with E-state index in [1.54, 1.807) is 12.5 Å². The molecule has 1 aromatic heterocycles. The topological polar surface area (TPSA) is 38.1 Å². The Balaban J connectivity index is 1.49. The van der Waals surface area contributed by atoms with Gasteiger partial charge in [-0.2, -0.15) is 0 Å². The van der Waals surface area contributed by atoms with Crippen molar-refractivity contribution in [1.82, 2.24) is 14.5 Å². The zero-order chi connectivity index (χ0) is 14.9. The van der Waals surface area contributed by atoms with Crippen molar-refractivity contribution in [3.8, 4) is 5.69 Å². The predicted molar refractivity (Wildman–Crippen MR) is 84.8 cm³/mol. The molecule has 2 heterocycles. The molecule has 1 amide bonds. The molecule has 4 heteroatoms. The van der Waals surface area contributed by atoms with Crippen molar-refractivity contribution in [3.63, 3.8) is 0 Å². The lowest BCUT2D eigenvalue weighted by molar-refractivity contribution is 0.0784. The summed E-state index contributed by atoms with van der Waals surface area (Å²) in [7, 11) is 0. The van der Waals surface area contributed by atoms with Gasteiger partial charge in [-0.3, -0.25) is 4.79 Å². The molecule has 1 saturated heterocycles. The highest BCUT2D eigenvalue weighted by atomic mass is 16.2. The van der Waals surface area contributed by atoms with Gasteiger partial charge in [-0.25, -0.2) is 4.98 Å². The second-order valence-corrected chi connectivity index (χ2v) is 6.19. The van der Waals surface area contributed by atoms with E-state index in [1.807, 2.05) is 39.9 Å². The van der Waals surface area contributed by atoms with Gasteiger partial charge in [-0.1, -0.05) is 12.2 Å². The highest BCUT2D eigenvalue weighted by Crippen LogP contribution is 2.33. The van der Waals surface area contributed by atoms with Crippen LogP contribution in [0.2, 0.25) is 0 Å². The molecule has 2 atom stereocenters. The van der Waals surface area contributed by atoms with Gasteiger partial charge in [0.25, 0.3) is 5.91 Å². The summed E-state index contributed by atoms with van der Waals surface area (Å²) in [6, 6.07) is 7.77. The molecule has 112 valence electrons. The van der Waals surface area contributed by atoms with Crippen LogP contribution in [0.3, 0.4) is 0 Å². The van der Waals surface area contributed by atoms with Crippen LogP contribution in [-0.4, -0.2) is 33.4 Å². The fraction of sp³-hybridized carbons (Fsp3) is 0.333. The lowest BCUT2D eigenvalue weighted by atomic mass is 9.86. The van der Waals surface area contributed by atoms with Gasteiger partial charge in [-0.05, 0) is 48.9 Å². The minimum atomic E-state index is 0.159. The third-order valence-corrected chi connectivity index (χ3v) is 4.82. The number of aromatic nitrogens is 2. The Morgan fingerprint density at radius 2 is 1.73 bits per heavy atom. The quantitative estimate of drug-likeness (QED) is 0.799. The molecule has 0 radical (unpaired) electrons. The maximum atomic E-state index is 12.7. The zero-order valence-corrected chi connectivity index (χ0v) is 12.4. The van der Waals surface area contributed by atoms with Crippen LogP contribution >= 0.6 is 0 Å². The second-order valence-electron chi connectivity index (χ2n) is 6.19. The molecule has 1 fully saturated rings. The molecule has 1 aromatic carbocycles. The third kappa shape index (κ3) is 2.34. The Bertz CT molecular complexity index is 672. The molecule has 1 aliphatic heterocycles. The Kier molecular flexibility index (Phi) is 3.29. The molecule has 22 heavy (non-hydrogen) atoms. The molecular weight excluding hydrogens is 274 g/mol. The molecule has 0 bridgehead atoms. The molecule has 2 aromatic rings. The number of fused-ring (bicyclic) bond motifs is 1. The van der Waals surface area contributed by atoms with Crippen LogP contribution in [-0.2, 0) is 0 Å². The number of amides is 1. The monoisotopic (exact) mass is 293 g/mol. The van der Waals surface area contributed by atoms with E-state index >= 15 is 0 Å². The largest absolute Gasteiger partial charge is 0.338 e. The van der Waals surface area contributed by atoms with E-state index in [4.69, 9.17) is 0 Å². The second kappa shape index (κ2) is 5.44. The molecule has 0 spiro atoms. The predicted octanol–water partition coefficient (Wildman–Crippen LogP) is 2.91. The molecule has 0 unspecified atom stereocenters. The summed E-state index contributed by atoms with van der Waals surface area (Å²) in [6.07, 6.45) is 12.2. The van der Waals surface area contributed by atoms with Crippen molar-refractivity contribution in [3.05, 3.63) is 60.7 Å². The van der Waals surface area contributed by atoms with Crippen molar-refractivity contribution in [2.75, 3.05) is 13.1 Å². The van der Waals surface area contributed by atoms with Crippen LogP contribution in [0.4, 0.5) is 0 Å². The smallest absolute Gasteiger partial charge is 0.253 e. The average Bonchev–Trinajstić information content (AvgIpc) is 3.23. The van der Waals surface area contributed by atoms with Crippen molar-refractivity contribution >= 4 is 5.91 Å². The third-order valence-electron chi connectivity index (χ3n) is 4.82. The molecule has 1 aliphatic carbocycles. The summed E-state index contributed by atoms with van der Waals surface area (Å²) in [5, 5.41) is 0. The normalized spacial score (nSPS) is 23.5. The maximum Gasteiger partial charge on any atom is 0.253 e. The molecule has 4 rings (SSSR count). The van der Waals surface area contributed by atoms with Gasteiger partial charge in [0.2, 0.25) is 0 Å². The van der Waals surface area contributed by atoms with Gasteiger partial charge in [0.05, 0.1) is 6.33 Å². The number of carbonyl (C=O) groups excluding carboxylic acids is 1. The first-order valence-electron chi connectivity index (χ1n) is 7.84. The standard InChI is InChI=1S/C18H19N3O/c22-18(21-11-15-3-1-2-4-16(15)12-21)14-5-7-17(8-6-14)20-10-9-19-13-20/h1-2,5-10,13,15-16H,3-4,11-12H2/t15-,16+. The fourth-order valence-electron chi connectivity index (χ4n) is 3.55. The zero-order valence-electron chi connectivity index (χ0n) is 12.4. The van der Waals surface area contributed by atoms with Crippen molar-refractivity contribution in [1.29, 1.82) is 0 Å². The number of allylic oxidation sites excluding steroid dienone is 2. The SMILES string of the molecule is O=C(c1ccc(-n2ccnc2)cc1)N1C[C@H]2CC=CC[C@H]2C1. The summed E-state index contributed by atoms with van der Waals surface area (Å²) in [6.45, 7) is 1.80. The van der Waals surface area contributed by atoms with E-state index < -0.39 is 0 Å². The lowest BCUT2D eigenvalue weighted by Gasteiger charge is -2.17. The minimum absolute atomic E-state index is 0.159. The van der Waals surface area contributed by atoms with Crippen LogP contribution in [0.1, 0.15) is 23.2 Å². The number of hydrogen-bond acceptors (Lipinski definition) is 2. The van der Waals surface area contributed by atoms with Gasteiger partial charge in [-0.15, -0.1) is 0 Å². The van der Waals surface area contributed by atoms with E-state index in [0.717, 1.165) is 37.2 Å². The minimum Gasteiger partial charge on any atom is -0.338 e. The van der Waals surface area contributed by atoms with Gasteiger partial charge in [0.15, 0.2) is 0 Å². The number of rotatable bonds is 2. The molecule has 2 aliphatic rings. The summed E-state index contributed by atoms with van der Waals surface area (Å²) in [4.78, 5) is 18.7. The molecule has 0 N–H and O–H groups in total. The number of carbonyl (C=O) groups is 1. The molecule has 4 nitrogen and oxygen atoms in total. The van der Waals surface area contributed by atoms with Crippen molar-refractivity contribution < 1.29 is 4.79 Å². The van der Waals surface area contributed by atoms with Gasteiger partial charge >= 0.3 is 0 Å². The van der Waals surface area contributed by atoms with E-state index in [2.05, 4.69) is 17.1 Å². The molecular formula is C18H19N3O. The van der Waals surface area contributed by atoms with E-state index in [0.29, 0.717) is 11.8 Å². The Hall–Kier alpha value is -2.36. The average molecular weight is 293 g/mol. The number of hydrogen-bond donors (Lipinski definition) is 0. The summed E-state index contributed by atoms with van der Waals surface area (Å²) in [5.41, 5.74) is 1.80. The first-order valence-corrected chi connectivity index (χ1v) is 7.84. The Morgan fingerprint density at radius 1 is 1.05 bits per heavy atom. The number of nitrogens with zero attached hydrogens (tertiary/aromatic N) is 3. The number of likely N-dealkylation sites (tertiary alicyclic amines) is 1. The van der Waals surface area contributed by atoms with E-state index in [9.17, 15) is 4.79 Å². The summed E-state index contributed by atoms with van der Waals surface area (Å²) >= 11 is 0. The first kappa shape index (κ1) is 13.3. The summed E-state index contributed by atoms with van der Waals surface area (Å²) in [5.74, 6) is 1.46. The van der Waals surface area contributed by atoms with E-state index in [1.165, 1.54) is 0 Å². The van der Waals surface area contributed by atoms with Crippen LogP contribution < -0.4 is 0 Å². The highest BCUT2D eigenvalue weighted by Gasteiger charge is 2.35. The molecule has 0 saturated carbocycles. The number of benzene rings is 1. The van der Waals surface area contributed by atoms with Gasteiger partial charge in [0.1, 0.15) is 0 Å². The van der Waals surface area contributed by atoms with Crippen LogP contribution in [0.15, 0.2) is 55.1 Å². The van der Waals surface area contributed by atoms with Crippen molar-refractivity contribution in [2.24, 2.45) is 11.8 Å². The fourth-order valence-corrected chi connectivity index (χ4v) is 3.55. The Morgan fingerprint density at radius 3 is 2.32 bits per heavy atom. The van der Waals surface area contributed by atoms with Crippen LogP contribution in [0, 0.1) is 11.8 Å². The van der Waals surface area contributed by atoms with Crippen LogP contribution in [0.5, 0.6) is 0 Å². The van der Waals surface area contributed by atoms with Crippen LogP contribution in [0.25, 0.3) is 5.69 Å². The van der Waals surface area contributed by atoms with Gasteiger partial charge in [0, 0.05) is 36.7 Å². The van der Waals surface area contributed by atoms with Gasteiger partial charge < -0.3 is 9.47 Å². The lowest BCUT2D eigenvalue weighted by Crippen LogP contribution is -2.28. The summed E-state index contributed by atoms with van der Waals surface area (Å²) < 4.78 is 1.93. The number of imidazole rings is 1. The first-order chi connectivity index (χ1) is 10.8.